The zero-order valence-corrected chi connectivity index (χ0v) is 20.0. The number of aliphatic hydroxyl groups is 1. The summed E-state index contributed by atoms with van der Waals surface area (Å²) in [4.78, 5) is 24.7. The molecule has 9 heteroatoms. The summed E-state index contributed by atoms with van der Waals surface area (Å²) < 4.78 is 32.5. The molecule has 2 amide bonds. The van der Waals surface area contributed by atoms with Crippen molar-refractivity contribution in [2.75, 3.05) is 13.1 Å². The van der Waals surface area contributed by atoms with Gasteiger partial charge in [-0.15, -0.1) is 0 Å². The van der Waals surface area contributed by atoms with Crippen LogP contribution in [0.1, 0.15) is 54.0 Å². The molecule has 32 heavy (non-hydrogen) atoms. The fourth-order valence-electron chi connectivity index (χ4n) is 2.82. The van der Waals surface area contributed by atoms with E-state index in [0.29, 0.717) is 6.54 Å². The van der Waals surface area contributed by atoms with Crippen molar-refractivity contribution in [1.29, 1.82) is 0 Å². The summed E-state index contributed by atoms with van der Waals surface area (Å²) in [5.41, 5.74) is -1.49. The topological polar surface area (TPSA) is 99.7 Å². The van der Waals surface area contributed by atoms with Crippen LogP contribution >= 0.6 is 0 Å². The van der Waals surface area contributed by atoms with E-state index >= 15 is 0 Å². The molecule has 0 aliphatic rings. The summed E-state index contributed by atoms with van der Waals surface area (Å²) in [6, 6.07) is 2.09. The van der Waals surface area contributed by atoms with Crippen LogP contribution in [0.3, 0.4) is 0 Å². The molecule has 0 spiro atoms. The number of alkyl carbamates (subject to hydrolysis) is 1. The Morgan fingerprint density at radius 1 is 1.03 bits per heavy atom. The van der Waals surface area contributed by atoms with Gasteiger partial charge in [-0.3, -0.25) is 4.79 Å². The van der Waals surface area contributed by atoms with Crippen LogP contribution in [0.4, 0.5) is 13.6 Å². The highest BCUT2D eigenvalue weighted by atomic mass is 19.1. The predicted molar refractivity (Wildman–Crippen MR) is 119 cm³/mol. The van der Waals surface area contributed by atoms with E-state index in [1.807, 2.05) is 13.8 Å². The largest absolute Gasteiger partial charge is 0.444 e. The summed E-state index contributed by atoms with van der Waals surface area (Å²) in [7, 11) is 0. The lowest BCUT2D eigenvalue weighted by atomic mass is 9.99. The smallest absolute Gasteiger partial charge is 0.407 e. The maximum atomic E-state index is 13.6. The van der Waals surface area contributed by atoms with E-state index in [1.54, 1.807) is 34.6 Å². The molecule has 0 aromatic heterocycles. The van der Waals surface area contributed by atoms with Crippen molar-refractivity contribution >= 4 is 12.0 Å². The van der Waals surface area contributed by atoms with Crippen molar-refractivity contribution in [3.05, 3.63) is 35.4 Å². The Bertz CT molecular complexity index is 759. The molecular formula is C23H37F2N3O4. The van der Waals surface area contributed by atoms with Crippen molar-refractivity contribution in [1.82, 2.24) is 16.0 Å². The molecular weight excluding hydrogens is 420 g/mol. The number of hydrogen-bond donors (Lipinski definition) is 4. The van der Waals surface area contributed by atoms with E-state index < -0.39 is 41.0 Å². The normalized spacial score (nSPS) is 14.1. The molecule has 7 nitrogen and oxygen atoms in total. The Hall–Kier alpha value is -2.26. The third-order valence-corrected chi connectivity index (χ3v) is 4.54. The molecule has 0 saturated carbocycles. The second kappa shape index (κ2) is 11.6. The number of benzene rings is 1. The van der Waals surface area contributed by atoms with Crippen LogP contribution < -0.4 is 16.0 Å². The Kier molecular flexibility index (Phi) is 10.0. The molecule has 0 aliphatic carbocycles. The van der Waals surface area contributed by atoms with Gasteiger partial charge in [0.2, 0.25) is 5.91 Å². The molecule has 0 saturated heterocycles. The summed E-state index contributed by atoms with van der Waals surface area (Å²) in [6.45, 7) is 12.8. The van der Waals surface area contributed by atoms with E-state index in [1.165, 1.54) is 0 Å². The quantitative estimate of drug-likeness (QED) is 0.433. The summed E-state index contributed by atoms with van der Waals surface area (Å²) >= 11 is 0. The molecule has 1 rings (SSSR count). The van der Waals surface area contributed by atoms with Crippen LogP contribution in [0.2, 0.25) is 0 Å². The number of amides is 2. The van der Waals surface area contributed by atoms with Gasteiger partial charge in [0.15, 0.2) is 0 Å². The van der Waals surface area contributed by atoms with Gasteiger partial charge >= 0.3 is 6.09 Å². The van der Waals surface area contributed by atoms with Gasteiger partial charge in [-0.05, 0) is 64.7 Å². The molecule has 0 heterocycles. The van der Waals surface area contributed by atoms with E-state index in [-0.39, 0.29) is 30.4 Å². The molecule has 0 unspecified atom stereocenters. The lowest BCUT2D eigenvalue weighted by Crippen LogP contribution is -2.57. The van der Waals surface area contributed by atoms with Gasteiger partial charge in [0.1, 0.15) is 17.2 Å². The number of rotatable bonds is 10. The van der Waals surface area contributed by atoms with Crippen LogP contribution in [0.15, 0.2) is 18.2 Å². The van der Waals surface area contributed by atoms with Crippen LogP contribution in [0, 0.1) is 17.6 Å². The van der Waals surface area contributed by atoms with Crippen molar-refractivity contribution in [3.63, 3.8) is 0 Å². The fraction of sp³-hybridized carbons (Fsp3) is 0.652. The van der Waals surface area contributed by atoms with E-state index in [2.05, 4.69) is 16.0 Å². The molecule has 0 fully saturated rings. The van der Waals surface area contributed by atoms with E-state index in [9.17, 15) is 23.5 Å². The predicted octanol–water partition coefficient (Wildman–Crippen LogP) is 2.90. The third-order valence-electron chi connectivity index (χ3n) is 4.54. The zero-order chi connectivity index (χ0) is 24.7. The van der Waals surface area contributed by atoms with Crippen LogP contribution in [-0.2, 0) is 16.0 Å². The maximum Gasteiger partial charge on any atom is 0.407 e. The van der Waals surface area contributed by atoms with Gasteiger partial charge in [0, 0.05) is 19.2 Å². The Morgan fingerprint density at radius 3 is 2.09 bits per heavy atom. The number of β-amino-alcohol motifs (C(OH)–C–C–N with tert-alkyl or cyclic N) is 1. The number of carbonyl (C=O) groups is 2. The highest BCUT2D eigenvalue weighted by Crippen LogP contribution is 2.14. The first kappa shape index (κ1) is 27.8. The first-order valence-electron chi connectivity index (χ1n) is 10.7. The van der Waals surface area contributed by atoms with Crippen molar-refractivity contribution in [2.24, 2.45) is 5.92 Å². The van der Waals surface area contributed by atoms with E-state index in [0.717, 1.165) is 18.2 Å². The van der Waals surface area contributed by atoms with Crippen molar-refractivity contribution in [3.8, 4) is 0 Å². The summed E-state index contributed by atoms with van der Waals surface area (Å²) in [6.07, 6.45) is -1.99. The summed E-state index contributed by atoms with van der Waals surface area (Å²) in [5, 5.41) is 19.2. The molecule has 0 radical (unpaired) electrons. The Balaban J connectivity index is 2.92. The van der Waals surface area contributed by atoms with Crippen molar-refractivity contribution in [2.45, 2.75) is 78.2 Å². The minimum atomic E-state index is -1.17. The number of halogens is 2. The second-order valence-corrected chi connectivity index (χ2v) is 9.91. The molecule has 1 aromatic carbocycles. The molecule has 1 aromatic rings. The number of ether oxygens (including phenoxy) is 1. The van der Waals surface area contributed by atoms with Crippen molar-refractivity contribution < 1.29 is 28.2 Å². The lowest BCUT2D eigenvalue weighted by Gasteiger charge is -2.31. The summed E-state index contributed by atoms with van der Waals surface area (Å²) in [5.74, 6) is -1.46. The first-order valence-corrected chi connectivity index (χ1v) is 10.7. The highest BCUT2D eigenvalue weighted by Gasteiger charge is 2.31. The van der Waals surface area contributed by atoms with Gasteiger partial charge < -0.3 is 25.8 Å². The van der Waals surface area contributed by atoms with Crippen LogP contribution in [0.5, 0.6) is 0 Å². The minimum Gasteiger partial charge on any atom is -0.444 e. The number of nitrogens with one attached hydrogen (secondary N) is 3. The van der Waals surface area contributed by atoms with Crippen LogP contribution in [0.25, 0.3) is 0 Å². The zero-order valence-electron chi connectivity index (χ0n) is 20.0. The van der Waals surface area contributed by atoms with E-state index in [4.69, 9.17) is 4.74 Å². The highest BCUT2D eigenvalue weighted by molar-refractivity contribution is 5.85. The Morgan fingerprint density at radius 2 is 1.59 bits per heavy atom. The third kappa shape index (κ3) is 10.4. The molecule has 0 bridgehead atoms. The molecule has 0 aliphatic heterocycles. The van der Waals surface area contributed by atoms with Gasteiger partial charge in [-0.2, -0.15) is 0 Å². The van der Waals surface area contributed by atoms with Gasteiger partial charge in [0.25, 0.3) is 0 Å². The van der Waals surface area contributed by atoms with Crippen LogP contribution in [-0.4, -0.2) is 53.5 Å². The first-order chi connectivity index (χ1) is 14.6. The van der Waals surface area contributed by atoms with Gasteiger partial charge in [-0.25, -0.2) is 13.6 Å². The SMILES string of the molecule is CC(C)CNC(=O)C(C)(C)NC[C@@H](O)[C@H](Cc1cc(F)cc(F)c1)NC(=O)OC(C)(C)C. The standard InChI is InChI=1S/C23H37F2N3O4/c1-14(2)12-26-20(30)23(6,7)27-13-19(29)18(28-21(31)32-22(3,4)5)10-15-8-16(24)11-17(25)9-15/h8-9,11,14,18-19,27,29H,10,12-13H2,1-7H3,(H,26,30)(H,28,31)/t18-,19+/m0/s1. The number of aliphatic hydroxyl groups excluding tert-OH is 1. The monoisotopic (exact) mass is 457 g/mol. The molecule has 4 N–H and O–H groups in total. The molecule has 182 valence electrons. The average Bonchev–Trinajstić information content (AvgIpc) is 2.61. The average molecular weight is 458 g/mol. The Labute approximate surface area is 189 Å². The van der Waals surface area contributed by atoms with Gasteiger partial charge in [0.05, 0.1) is 17.7 Å². The number of hydrogen-bond acceptors (Lipinski definition) is 5. The van der Waals surface area contributed by atoms with Gasteiger partial charge in [-0.1, -0.05) is 13.8 Å². The lowest BCUT2D eigenvalue weighted by molar-refractivity contribution is -0.126. The number of carbonyl (C=O) groups excluding carboxylic acids is 2. The maximum absolute atomic E-state index is 13.6. The molecule has 2 atom stereocenters. The fourth-order valence-corrected chi connectivity index (χ4v) is 2.82. The second-order valence-electron chi connectivity index (χ2n) is 9.91. The minimum absolute atomic E-state index is 0.0449.